The predicted molar refractivity (Wildman–Crippen MR) is 69.3 cm³/mol. The summed E-state index contributed by atoms with van der Waals surface area (Å²) in [5.74, 6) is -1.77. The number of aliphatic carboxylic acids is 1. The van der Waals surface area contributed by atoms with E-state index in [1.807, 2.05) is 26.8 Å². The Kier molecular flexibility index (Phi) is 3.30. The minimum atomic E-state index is -0.936. The second-order valence-corrected chi connectivity index (χ2v) is 5.81. The van der Waals surface area contributed by atoms with Crippen molar-refractivity contribution >= 4 is 11.9 Å². The van der Waals surface area contributed by atoms with Crippen molar-refractivity contribution < 1.29 is 14.7 Å². The number of carboxylic acids is 1. The summed E-state index contributed by atoms with van der Waals surface area (Å²) in [6, 6.07) is 3.14. The highest BCUT2D eigenvalue weighted by Crippen LogP contribution is 2.42. The quantitative estimate of drug-likeness (QED) is 0.883. The van der Waals surface area contributed by atoms with Gasteiger partial charge in [-0.15, -0.1) is 0 Å². The molecule has 1 aliphatic heterocycles. The molecule has 5 nitrogen and oxygen atoms in total. The van der Waals surface area contributed by atoms with Crippen LogP contribution in [0.4, 0.5) is 0 Å². The minimum absolute atomic E-state index is 0.0478. The summed E-state index contributed by atoms with van der Waals surface area (Å²) in [7, 11) is 0. The fraction of sp³-hybridized carbons (Fsp3) is 0.500. The fourth-order valence-corrected chi connectivity index (χ4v) is 2.68. The highest BCUT2D eigenvalue weighted by atomic mass is 16.4. The highest BCUT2D eigenvalue weighted by molar-refractivity contribution is 5.87. The van der Waals surface area contributed by atoms with Crippen LogP contribution < -0.4 is 0 Å². The molecule has 1 aliphatic rings. The summed E-state index contributed by atoms with van der Waals surface area (Å²) in [4.78, 5) is 29.3. The van der Waals surface area contributed by atoms with Crippen LogP contribution in [0.25, 0.3) is 0 Å². The molecular formula is C14H18N2O3. The third-order valence-electron chi connectivity index (χ3n) is 3.39. The zero-order valence-electron chi connectivity index (χ0n) is 11.3. The lowest BCUT2D eigenvalue weighted by atomic mass is 9.93. The van der Waals surface area contributed by atoms with E-state index in [9.17, 15) is 14.7 Å². The number of carbonyl (C=O) groups excluding carboxylic acids is 1. The normalized spacial score (nSPS) is 23.7. The van der Waals surface area contributed by atoms with E-state index in [-0.39, 0.29) is 12.3 Å². The summed E-state index contributed by atoms with van der Waals surface area (Å²) < 4.78 is 0. The second kappa shape index (κ2) is 4.64. The average Bonchev–Trinajstić information content (AvgIpc) is 2.68. The largest absolute Gasteiger partial charge is 0.481 e. The van der Waals surface area contributed by atoms with Gasteiger partial charge in [-0.25, -0.2) is 0 Å². The smallest absolute Gasteiger partial charge is 0.309 e. The molecule has 0 radical (unpaired) electrons. The van der Waals surface area contributed by atoms with E-state index >= 15 is 0 Å². The van der Waals surface area contributed by atoms with Crippen molar-refractivity contribution in [1.82, 2.24) is 9.88 Å². The first kappa shape index (κ1) is 13.5. The molecule has 5 heteroatoms. The van der Waals surface area contributed by atoms with Gasteiger partial charge in [-0.3, -0.25) is 14.6 Å². The number of hydrogen-bond donors (Lipinski definition) is 1. The first-order valence-electron chi connectivity index (χ1n) is 6.27. The van der Waals surface area contributed by atoms with Crippen molar-refractivity contribution in [2.75, 3.05) is 0 Å². The number of amides is 1. The van der Waals surface area contributed by atoms with Crippen molar-refractivity contribution in [2.45, 2.75) is 38.8 Å². The van der Waals surface area contributed by atoms with Gasteiger partial charge in [0, 0.05) is 24.4 Å². The Bertz CT molecular complexity index is 493. The van der Waals surface area contributed by atoms with Crippen molar-refractivity contribution in [3.63, 3.8) is 0 Å². The molecule has 1 N–H and O–H groups in total. The van der Waals surface area contributed by atoms with Crippen LogP contribution >= 0.6 is 0 Å². The molecule has 102 valence electrons. The van der Waals surface area contributed by atoms with Crippen LogP contribution in [0.15, 0.2) is 24.5 Å². The molecule has 1 saturated heterocycles. The zero-order chi connectivity index (χ0) is 14.2. The number of hydrogen-bond acceptors (Lipinski definition) is 3. The maximum absolute atomic E-state index is 12.2. The highest BCUT2D eigenvalue weighted by Gasteiger charge is 2.48. The van der Waals surface area contributed by atoms with Gasteiger partial charge < -0.3 is 10.0 Å². The number of nitrogens with zero attached hydrogens (tertiary/aromatic N) is 2. The summed E-state index contributed by atoms with van der Waals surface area (Å²) in [5, 5.41) is 9.35. The molecule has 0 saturated carbocycles. The topological polar surface area (TPSA) is 70.5 Å². The van der Waals surface area contributed by atoms with Gasteiger partial charge in [-0.1, -0.05) is 6.07 Å². The number of pyridine rings is 1. The third-order valence-corrected chi connectivity index (χ3v) is 3.39. The van der Waals surface area contributed by atoms with Crippen LogP contribution in [-0.4, -0.2) is 32.4 Å². The molecule has 1 fully saturated rings. The molecule has 19 heavy (non-hydrogen) atoms. The van der Waals surface area contributed by atoms with Gasteiger partial charge in [0.05, 0.1) is 12.0 Å². The maximum Gasteiger partial charge on any atom is 0.309 e. The lowest BCUT2D eigenvalue weighted by molar-refractivity contribution is -0.142. The molecule has 2 atom stereocenters. The van der Waals surface area contributed by atoms with Crippen molar-refractivity contribution in [1.29, 1.82) is 0 Å². The first-order chi connectivity index (χ1) is 8.82. The SMILES string of the molecule is CC(C)(C)N1C(=O)CC(C(=O)O)C1c1cccnc1. The molecule has 1 amide bonds. The molecule has 1 aromatic rings. The molecule has 0 aromatic carbocycles. The minimum Gasteiger partial charge on any atom is -0.481 e. The standard InChI is InChI=1S/C14H18N2O3/c1-14(2,3)16-11(17)7-10(13(18)19)12(16)9-5-4-6-15-8-9/h4-6,8,10,12H,7H2,1-3H3,(H,18,19). The van der Waals surface area contributed by atoms with Gasteiger partial charge in [-0.05, 0) is 32.4 Å². The van der Waals surface area contributed by atoms with Crippen molar-refractivity contribution in [3.8, 4) is 0 Å². The molecule has 0 aliphatic carbocycles. The van der Waals surface area contributed by atoms with E-state index in [1.165, 1.54) is 0 Å². The summed E-state index contributed by atoms with van der Waals surface area (Å²) in [5.41, 5.74) is 0.359. The Balaban J connectivity index is 2.48. The zero-order valence-corrected chi connectivity index (χ0v) is 11.3. The van der Waals surface area contributed by atoms with Gasteiger partial charge >= 0.3 is 5.97 Å². The molecule has 0 spiro atoms. The third kappa shape index (κ3) is 2.45. The molecule has 1 aromatic heterocycles. The van der Waals surface area contributed by atoms with E-state index in [4.69, 9.17) is 0 Å². The fourth-order valence-electron chi connectivity index (χ4n) is 2.68. The van der Waals surface area contributed by atoms with Crippen LogP contribution in [0.5, 0.6) is 0 Å². The molecule has 2 heterocycles. The van der Waals surface area contributed by atoms with Crippen molar-refractivity contribution in [2.24, 2.45) is 5.92 Å². The van der Waals surface area contributed by atoms with Crippen LogP contribution in [0, 0.1) is 5.92 Å². The lowest BCUT2D eigenvalue weighted by Gasteiger charge is -2.38. The molecule has 2 rings (SSSR count). The van der Waals surface area contributed by atoms with Gasteiger partial charge in [0.1, 0.15) is 0 Å². The lowest BCUT2D eigenvalue weighted by Crippen LogP contribution is -2.44. The average molecular weight is 262 g/mol. The van der Waals surface area contributed by atoms with Crippen LogP contribution in [0.1, 0.15) is 38.8 Å². The first-order valence-corrected chi connectivity index (χ1v) is 6.27. The molecule has 0 bridgehead atoms. The van der Waals surface area contributed by atoms with Gasteiger partial charge in [0.15, 0.2) is 0 Å². The van der Waals surface area contributed by atoms with E-state index < -0.39 is 23.5 Å². The Hall–Kier alpha value is -1.91. The Morgan fingerprint density at radius 1 is 1.47 bits per heavy atom. The van der Waals surface area contributed by atoms with Crippen LogP contribution in [0.2, 0.25) is 0 Å². The number of rotatable bonds is 2. The van der Waals surface area contributed by atoms with Gasteiger partial charge in [0.25, 0.3) is 0 Å². The van der Waals surface area contributed by atoms with Crippen LogP contribution in [0.3, 0.4) is 0 Å². The van der Waals surface area contributed by atoms with E-state index in [1.54, 1.807) is 23.4 Å². The summed E-state index contributed by atoms with van der Waals surface area (Å²) in [6.07, 6.45) is 3.32. The van der Waals surface area contributed by atoms with E-state index in [0.717, 1.165) is 5.56 Å². The number of aromatic nitrogens is 1. The van der Waals surface area contributed by atoms with E-state index in [0.29, 0.717) is 0 Å². The number of carboxylic acid groups (broad SMARTS) is 1. The maximum atomic E-state index is 12.2. The van der Waals surface area contributed by atoms with Gasteiger partial charge in [-0.2, -0.15) is 0 Å². The Labute approximate surface area is 112 Å². The molecular weight excluding hydrogens is 244 g/mol. The second-order valence-electron chi connectivity index (χ2n) is 5.81. The summed E-state index contributed by atoms with van der Waals surface area (Å²) in [6.45, 7) is 5.75. The van der Waals surface area contributed by atoms with Crippen LogP contribution in [-0.2, 0) is 9.59 Å². The summed E-state index contributed by atoms with van der Waals surface area (Å²) >= 11 is 0. The van der Waals surface area contributed by atoms with Crippen molar-refractivity contribution in [3.05, 3.63) is 30.1 Å². The monoisotopic (exact) mass is 262 g/mol. The Morgan fingerprint density at radius 3 is 2.63 bits per heavy atom. The predicted octanol–water partition coefficient (Wildman–Crippen LogP) is 1.85. The molecule has 2 unspecified atom stereocenters. The van der Waals surface area contributed by atoms with E-state index in [2.05, 4.69) is 4.98 Å². The number of carbonyl (C=O) groups is 2. The van der Waals surface area contributed by atoms with Gasteiger partial charge in [0.2, 0.25) is 5.91 Å². The Morgan fingerprint density at radius 2 is 2.16 bits per heavy atom. The number of likely N-dealkylation sites (tertiary alicyclic amines) is 1.